The predicted molar refractivity (Wildman–Crippen MR) is 47.0 cm³/mol. The Kier molecular flexibility index (Phi) is 1.74. The molecule has 0 aromatic heterocycles. The third-order valence-electron chi connectivity index (χ3n) is 3.04. The van der Waals surface area contributed by atoms with E-state index in [4.69, 9.17) is 0 Å². The molecule has 0 radical (unpaired) electrons. The van der Waals surface area contributed by atoms with E-state index < -0.39 is 0 Å². The highest BCUT2D eigenvalue weighted by Crippen LogP contribution is 2.46. The molecule has 10 heavy (non-hydrogen) atoms. The number of nitrogens with zero attached hydrogens (tertiary/aromatic N) is 1. The lowest BCUT2D eigenvalue weighted by atomic mass is 10.1. The van der Waals surface area contributed by atoms with Crippen molar-refractivity contribution < 1.29 is 0 Å². The van der Waals surface area contributed by atoms with E-state index in [1.165, 1.54) is 25.7 Å². The van der Waals surface area contributed by atoms with Crippen molar-refractivity contribution in [1.29, 1.82) is 0 Å². The topological polar surface area (TPSA) is 3.24 Å². The van der Waals surface area contributed by atoms with Gasteiger partial charge >= 0.3 is 0 Å². The Morgan fingerprint density at radius 3 is 2.90 bits per heavy atom. The van der Waals surface area contributed by atoms with Crippen LogP contribution in [-0.2, 0) is 0 Å². The maximum absolute atomic E-state index is 2.83. The Hall–Kier alpha value is 0.390. The monoisotopic (exact) mass is 157 g/mol. The summed E-state index contributed by atoms with van der Waals surface area (Å²) in [4.78, 5) is 2.58. The summed E-state index contributed by atoms with van der Waals surface area (Å²) in [6, 6.07) is 0.848. The second-order valence-corrected chi connectivity index (χ2v) is 4.16. The van der Waals surface area contributed by atoms with Gasteiger partial charge in [-0.15, -0.1) is 9.24 Å². The molecule has 0 amide bonds. The molecule has 2 fully saturated rings. The third kappa shape index (κ3) is 1.10. The molecule has 0 aromatic carbocycles. The van der Waals surface area contributed by atoms with E-state index in [1.54, 1.807) is 0 Å². The van der Waals surface area contributed by atoms with Gasteiger partial charge in [0.2, 0.25) is 0 Å². The molecule has 1 saturated heterocycles. The first kappa shape index (κ1) is 7.06. The molecule has 0 bridgehead atoms. The van der Waals surface area contributed by atoms with Crippen molar-refractivity contribution in [2.75, 3.05) is 12.8 Å². The predicted octanol–water partition coefficient (Wildman–Crippen LogP) is 1.55. The highest BCUT2D eigenvalue weighted by Gasteiger charge is 2.43. The number of hydrogen-bond acceptors (Lipinski definition) is 1. The molecule has 4 atom stereocenters. The Balaban J connectivity index is 1.94. The molecule has 2 aliphatic rings. The number of rotatable bonds is 1. The minimum atomic E-state index is 0.848. The van der Waals surface area contributed by atoms with Gasteiger partial charge in [0.25, 0.3) is 0 Å². The lowest BCUT2D eigenvalue weighted by Crippen LogP contribution is -2.37. The Bertz CT molecular complexity index is 137. The van der Waals surface area contributed by atoms with Crippen LogP contribution >= 0.6 is 9.24 Å². The van der Waals surface area contributed by atoms with Crippen LogP contribution in [0.5, 0.6) is 0 Å². The van der Waals surface area contributed by atoms with Gasteiger partial charge in [0, 0.05) is 18.9 Å². The molecule has 1 nitrogen and oxygen atoms in total. The molecule has 0 aromatic rings. The maximum Gasteiger partial charge on any atom is 0.0129 e. The molecule has 4 unspecified atom stereocenters. The Morgan fingerprint density at radius 1 is 1.40 bits per heavy atom. The van der Waals surface area contributed by atoms with Crippen molar-refractivity contribution in [3.05, 3.63) is 0 Å². The van der Waals surface area contributed by atoms with E-state index in [0.29, 0.717) is 0 Å². The van der Waals surface area contributed by atoms with Gasteiger partial charge in [-0.2, -0.15) is 0 Å². The molecule has 1 heterocycles. The first-order chi connectivity index (χ1) is 4.81. The van der Waals surface area contributed by atoms with Gasteiger partial charge in [0.1, 0.15) is 0 Å². The molecular weight excluding hydrogens is 141 g/mol. The van der Waals surface area contributed by atoms with E-state index in [2.05, 4.69) is 21.1 Å². The zero-order valence-electron chi connectivity index (χ0n) is 6.59. The number of hydrogen-bond donors (Lipinski definition) is 0. The summed E-state index contributed by atoms with van der Waals surface area (Å²) in [5, 5.41) is 0. The van der Waals surface area contributed by atoms with Crippen molar-refractivity contribution in [3.8, 4) is 0 Å². The van der Waals surface area contributed by atoms with Crippen LogP contribution < -0.4 is 0 Å². The molecule has 0 N–H and O–H groups in total. The fourth-order valence-corrected chi connectivity index (χ4v) is 2.65. The summed E-state index contributed by atoms with van der Waals surface area (Å²) in [6.07, 6.45) is 4.15. The lowest BCUT2D eigenvalue weighted by Gasteiger charge is -2.31. The van der Waals surface area contributed by atoms with Crippen LogP contribution in [0, 0.1) is 11.8 Å². The minimum Gasteiger partial charge on any atom is -0.297 e. The standard InChI is InChI=1S/C8H16NP/c1-6-2-7-3-8(7)4-9(6)5-10/h6-8H,2-5,10H2,1H3. The quantitative estimate of drug-likeness (QED) is 0.522. The van der Waals surface area contributed by atoms with Crippen molar-refractivity contribution in [2.24, 2.45) is 11.8 Å². The molecule has 0 spiro atoms. The van der Waals surface area contributed by atoms with Gasteiger partial charge in [0.15, 0.2) is 0 Å². The molecule has 1 saturated carbocycles. The van der Waals surface area contributed by atoms with E-state index in [0.717, 1.165) is 17.9 Å². The minimum absolute atomic E-state index is 0.848. The third-order valence-corrected chi connectivity index (χ3v) is 3.51. The average Bonchev–Trinajstić information content (AvgIpc) is 2.64. The van der Waals surface area contributed by atoms with Crippen molar-refractivity contribution in [3.63, 3.8) is 0 Å². The summed E-state index contributed by atoms with van der Waals surface area (Å²) in [7, 11) is 2.83. The van der Waals surface area contributed by atoms with Gasteiger partial charge < -0.3 is 0 Å². The fraction of sp³-hybridized carbons (Fsp3) is 1.00. The largest absolute Gasteiger partial charge is 0.297 e. The van der Waals surface area contributed by atoms with Crippen LogP contribution in [0.1, 0.15) is 19.8 Å². The molecule has 58 valence electrons. The summed E-state index contributed by atoms with van der Waals surface area (Å²) < 4.78 is 0. The first-order valence-electron chi connectivity index (χ1n) is 4.25. The van der Waals surface area contributed by atoms with Gasteiger partial charge in [-0.25, -0.2) is 0 Å². The second kappa shape index (κ2) is 2.46. The van der Waals surface area contributed by atoms with Crippen LogP contribution in [-0.4, -0.2) is 23.8 Å². The van der Waals surface area contributed by atoms with Crippen LogP contribution in [0.3, 0.4) is 0 Å². The van der Waals surface area contributed by atoms with Crippen molar-refractivity contribution in [2.45, 2.75) is 25.8 Å². The fourth-order valence-electron chi connectivity index (χ4n) is 2.15. The Morgan fingerprint density at radius 2 is 2.20 bits per heavy atom. The lowest BCUT2D eigenvalue weighted by molar-refractivity contribution is 0.182. The normalized spacial score (nSPS) is 46.8. The maximum atomic E-state index is 2.83. The van der Waals surface area contributed by atoms with Crippen LogP contribution in [0.2, 0.25) is 0 Å². The van der Waals surface area contributed by atoms with E-state index in [-0.39, 0.29) is 0 Å². The van der Waals surface area contributed by atoms with Crippen molar-refractivity contribution >= 4 is 9.24 Å². The van der Waals surface area contributed by atoms with Gasteiger partial charge in [-0.3, -0.25) is 4.90 Å². The highest BCUT2D eigenvalue weighted by atomic mass is 31.0. The van der Waals surface area contributed by atoms with Gasteiger partial charge in [-0.05, 0) is 31.6 Å². The SMILES string of the molecule is CC1CC2CC2CN1CP. The summed E-state index contributed by atoms with van der Waals surface area (Å²) in [5.74, 6) is 2.19. The highest BCUT2D eigenvalue weighted by molar-refractivity contribution is 7.16. The summed E-state index contributed by atoms with van der Waals surface area (Å²) in [6.45, 7) is 3.73. The van der Waals surface area contributed by atoms with E-state index in [1.807, 2.05) is 0 Å². The molecular formula is C8H16NP. The zero-order chi connectivity index (χ0) is 7.14. The van der Waals surface area contributed by atoms with Crippen molar-refractivity contribution in [1.82, 2.24) is 4.90 Å². The number of fused-ring (bicyclic) bond motifs is 1. The molecule has 1 aliphatic heterocycles. The molecule has 1 aliphatic carbocycles. The van der Waals surface area contributed by atoms with E-state index >= 15 is 0 Å². The molecule has 2 rings (SSSR count). The van der Waals surface area contributed by atoms with Gasteiger partial charge in [-0.1, -0.05) is 0 Å². The first-order valence-corrected chi connectivity index (χ1v) is 5.07. The molecule has 2 heteroatoms. The number of piperidine rings is 1. The second-order valence-electron chi connectivity index (χ2n) is 3.79. The zero-order valence-corrected chi connectivity index (χ0v) is 7.74. The van der Waals surface area contributed by atoms with Crippen LogP contribution in [0.15, 0.2) is 0 Å². The van der Waals surface area contributed by atoms with Crippen LogP contribution in [0.4, 0.5) is 0 Å². The number of likely N-dealkylation sites (tertiary alicyclic amines) is 1. The van der Waals surface area contributed by atoms with E-state index in [9.17, 15) is 0 Å². The summed E-state index contributed by atoms with van der Waals surface area (Å²) in [5.41, 5.74) is 0. The average molecular weight is 157 g/mol. The Labute approximate surface area is 65.4 Å². The van der Waals surface area contributed by atoms with Gasteiger partial charge in [0.05, 0.1) is 0 Å². The summed E-state index contributed by atoms with van der Waals surface area (Å²) >= 11 is 0. The van der Waals surface area contributed by atoms with Crippen LogP contribution in [0.25, 0.3) is 0 Å². The smallest absolute Gasteiger partial charge is 0.0129 e.